The van der Waals surface area contributed by atoms with Crippen LogP contribution in [-0.4, -0.2) is 0 Å². The zero-order chi connectivity index (χ0) is 4.28. The van der Waals surface area contributed by atoms with Gasteiger partial charge in [-0.2, -0.15) is 0 Å². The van der Waals surface area contributed by atoms with Crippen molar-refractivity contribution in [2.45, 2.75) is 0 Å². The predicted octanol–water partition coefficient (Wildman–Crippen LogP) is 2.23. The van der Waals surface area contributed by atoms with Crippen LogP contribution in [0.4, 0.5) is 9.41 Å². The highest BCUT2D eigenvalue weighted by Crippen LogP contribution is 1.92. The molecule has 0 aliphatic heterocycles. The Morgan fingerprint density at radius 1 is 1.43 bits per heavy atom. The normalized spacial score (nSPS) is 4.71. The van der Waals surface area contributed by atoms with Crippen molar-refractivity contribution in [3.8, 4) is 0 Å². The van der Waals surface area contributed by atoms with Crippen LogP contribution in [0.1, 0.15) is 0 Å². The zero-order valence-corrected chi connectivity index (χ0v) is 4.44. The van der Waals surface area contributed by atoms with Gasteiger partial charge in [0.2, 0.25) is 0 Å². The van der Waals surface area contributed by atoms with E-state index in [4.69, 9.17) is 11.6 Å². The minimum atomic E-state index is 0. The maximum atomic E-state index is 5.15. The first-order chi connectivity index (χ1) is 2.27. The summed E-state index contributed by atoms with van der Waals surface area (Å²) in [7, 11) is 0. The molecule has 0 aliphatic rings. The second kappa shape index (κ2) is 9.16. The maximum absolute atomic E-state index is 5.15. The van der Waals surface area contributed by atoms with Gasteiger partial charge >= 0.3 is 0 Å². The molecule has 0 atom stereocenters. The van der Waals surface area contributed by atoms with Crippen LogP contribution in [0.3, 0.4) is 0 Å². The van der Waals surface area contributed by atoms with Gasteiger partial charge in [-0.15, -0.1) is 0 Å². The molecule has 0 heterocycles. The average molecular weight is 129 g/mol. The van der Waals surface area contributed by atoms with Crippen LogP contribution < -0.4 is 0 Å². The largest absolute Gasteiger partial charge is 0.269 e. The number of hydrogen-bond acceptors (Lipinski definition) is 0. The van der Waals surface area contributed by atoms with E-state index in [-0.39, 0.29) is 9.41 Å². The molecule has 0 aliphatic carbocycles. The lowest BCUT2D eigenvalue weighted by atomic mass is 10.6. The minimum absolute atomic E-state index is 0. The third-order valence-corrected chi connectivity index (χ3v) is 0.376. The topological polar surface area (TPSA) is 0 Å². The molecule has 0 rings (SSSR count). The third-order valence-electron chi connectivity index (χ3n) is 0.221. The summed E-state index contributed by atoms with van der Waals surface area (Å²) in [5.41, 5.74) is 0. The summed E-state index contributed by atoms with van der Waals surface area (Å²) >= 11 is 5.15. The van der Waals surface area contributed by atoms with Gasteiger partial charge in [0, 0.05) is 5.03 Å². The summed E-state index contributed by atoms with van der Waals surface area (Å²) < 4.78 is 0. The Hall–Kier alpha value is -0.370. The number of halogens is 3. The standard InChI is InChI=1S/C4H5Cl.2FH/c1-3-4(2)5;;/h3H,1-2H2;2*1H. The minimum Gasteiger partial charge on any atom is -0.269 e. The summed E-state index contributed by atoms with van der Waals surface area (Å²) in [5, 5.41) is 0.491. The molecule has 0 amide bonds. The average Bonchev–Trinajstić information content (AvgIpc) is 1.38. The lowest BCUT2D eigenvalue weighted by molar-refractivity contribution is 1.11. The van der Waals surface area contributed by atoms with Crippen molar-refractivity contribution < 1.29 is 9.41 Å². The molecular weight excluding hydrogens is 121 g/mol. The van der Waals surface area contributed by atoms with Crippen molar-refractivity contribution in [3.05, 3.63) is 24.3 Å². The summed E-state index contributed by atoms with van der Waals surface area (Å²) in [6, 6.07) is 0. The summed E-state index contributed by atoms with van der Waals surface area (Å²) in [5.74, 6) is 0. The van der Waals surface area contributed by atoms with Crippen LogP contribution >= 0.6 is 11.6 Å². The van der Waals surface area contributed by atoms with Crippen molar-refractivity contribution in [1.29, 1.82) is 0 Å². The second-order valence-corrected chi connectivity index (χ2v) is 1.14. The molecule has 0 saturated heterocycles. The molecule has 0 aromatic rings. The first-order valence-electron chi connectivity index (χ1n) is 1.24. The predicted molar refractivity (Wildman–Crippen MR) is 30.2 cm³/mol. The van der Waals surface area contributed by atoms with Crippen LogP contribution in [0.15, 0.2) is 24.3 Å². The zero-order valence-electron chi connectivity index (χ0n) is 3.69. The maximum Gasteiger partial charge on any atom is 0.0328 e. The van der Waals surface area contributed by atoms with Gasteiger partial charge in [-0.3, -0.25) is 9.41 Å². The molecule has 3 heteroatoms. The van der Waals surface area contributed by atoms with Gasteiger partial charge in [0.25, 0.3) is 0 Å². The third kappa shape index (κ3) is 27.9. The van der Waals surface area contributed by atoms with Gasteiger partial charge in [0.1, 0.15) is 0 Å². The summed E-state index contributed by atoms with van der Waals surface area (Å²) in [4.78, 5) is 0. The number of allylic oxidation sites excluding steroid dienone is 2. The molecule has 0 N–H and O–H groups in total. The molecule has 44 valence electrons. The van der Waals surface area contributed by atoms with Crippen molar-refractivity contribution in [2.24, 2.45) is 0 Å². The Morgan fingerprint density at radius 3 is 1.57 bits per heavy atom. The molecular formula is C4H7ClF2. The molecule has 0 unspecified atom stereocenters. The highest BCUT2D eigenvalue weighted by molar-refractivity contribution is 6.30. The smallest absolute Gasteiger partial charge is 0.0328 e. The van der Waals surface area contributed by atoms with Crippen molar-refractivity contribution in [3.63, 3.8) is 0 Å². The monoisotopic (exact) mass is 128 g/mol. The Balaban J connectivity index is -0.0000000800. The van der Waals surface area contributed by atoms with Crippen LogP contribution in [0.25, 0.3) is 0 Å². The van der Waals surface area contributed by atoms with E-state index in [2.05, 4.69) is 13.2 Å². The van der Waals surface area contributed by atoms with E-state index in [0.717, 1.165) is 0 Å². The van der Waals surface area contributed by atoms with E-state index >= 15 is 0 Å². The Bertz CT molecular complexity index is 60.7. The summed E-state index contributed by atoms with van der Waals surface area (Å²) in [6.45, 7) is 6.65. The highest BCUT2D eigenvalue weighted by Gasteiger charge is 1.63. The second-order valence-electron chi connectivity index (χ2n) is 0.651. The first-order valence-corrected chi connectivity index (χ1v) is 1.62. The quantitative estimate of drug-likeness (QED) is 0.475. The Labute approximate surface area is 46.2 Å². The lowest BCUT2D eigenvalue weighted by Gasteiger charge is -1.67. The van der Waals surface area contributed by atoms with Crippen LogP contribution in [0.5, 0.6) is 0 Å². The highest BCUT2D eigenvalue weighted by atomic mass is 35.5. The first kappa shape index (κ1) is 15.9. The van der Waals surface area contributed by atoms with Gasteiger partial charge < -0.3 is 0 Å². The fourth-order valence-corrected chi connectivity index (χ4v) is 0. The Kier molecular flexibility index (Phi) is 20.9. The van der Waals surface area contributed by atoms with Crippen molar-refractivity contribution in [1.82, 2.24) is 0 Å². The van der Waals surface area contributed by atoms with E-state index in [1.165, 1.54) is 6.08 Å². The SMILES string of the molecule is C=CC(=C)Cl.F.F. The molecule has 0 aromatic heterocycles. The van der Waals surface area contributed by atoms with Crippen LogP contribution in [-0.2, 0) is 0 Å². The molecule has 0 fully saturated rings. The van der Waals surface area contributed by atoms with Crippen molar-refractivity contribution in [2.75, 3.05) is 0 Å². The number of hydrogen-bond donors (Lipinski definition) is 0. The molecule has 0 nitrogen and oxygen atoms in total. The number of rotatable bonds is 1. The van der Waals surface area contributed by atoms with Crippen LogP contribution in [0, 0.1) is 0 Å². The molecule has 0 bridgehead atoms. The van der Waals surface area contributed by atoms with Crippen LogP contribution in [0.2, 0.25) is 0 Å². The van der Waals surface area contributed by atoms with E-state index in [0.29, 0.717) is 5.03 Å². The molecule has 0 aromatic carbocycles. The van der Waals surface area contributed by atoms with Gasteiger partial charge in [0.15, 0.2) is 0 Å². The van der Waals surface area contributed by atoms with Gasteiger partial charge in [0.05, 0.1) is 0 Å². The van der Waals surface area contributed by atoms with E-state index in [1.807, 2.05) is 0 Å². The molecule has 0 spiro atoms. The van der Waals surface area contributed by atoms with Gasteiger partial charge in [-0.05, 0) is 0 Å². The van der Waals surface area contributed by atoms with Crippen molar-refractivity contribution >= 4 is 11.6 Å². The van der Waals surface area contributed by atoms with E-state index < -0.39 is 0 Å². The van der Waals surface area contributed by atoms with E-state index in [9.17, 15) is 0 Å². The lowest BCUT2D eigenvalue weighted by Crippen LogP contribution is -1.42. The fourth-order valence-electron chi connectivity index (χ4n) is 0. The fraction of sp³-hybridized carbons (Fsp3) is 0. The Morgan fingerprint density at radius 2 is 1.57 bits per heavy atom. The molecule has 7 heavy (non-hydrogen) atoms. The molecule has 0 saturated carbocycles. The summed E-state index contributed by atoms with van der Waals surface area (Å²) in [6.07, 6.45) is 1.49. The van der Waals surface area contributed by atoms with E-state index in [1.54, 1.807) is 0 Å². The van der Waals surface area contributed by atoms with Gasteiger partial charge in [-0.25, -0.2) is 0 Å². The molecule has 0 radical (unpaired) electrons. The van der Waals surface area contributed by atoms with Gasteiger partial charge in [-0.1, -0.05) is 30.8 Å².